The van der Waals surface area contributed by atoms with Crippen LogP contribution in [0.3, 0.4) is 0 Å². The molecule has 1 aliphatic heterocycles. The number of halogens is 1. The van der Waals surface area contributed by atoms with Crippen molar-refractivity contribution in [2.75, 3.05) is 13.2 Å². The molecule has 1 aromatic rings. The van der Waals surface area contributed by atoms with Gasteiger partial charge in [0.05, 0.1) is 13.0 Å². The number of carbonyl (C=O) groups is 2. The SMILES string of the molecule is CC(N)C1CCCCN1C(=O)CCOc1ccc(C(N)=O)cc1.Cl. The first-order chi connectivity index (χ1) is 11.0. The molecule has 1 fully saturated rings. The second-order valence-corrected chi connectivity index (χ2v) is 6.00. The molecular formula is C17H26ClN3O3. The zero-order chi connectivity index (χ0) is 16.8. The number of nitrogens with zero attached hydrogens (tertiary/aromatic N) is 1. The number of nitrogens with two attached hydrogens (primary N) is 2. The van der Waals surface area contributed by atoms with Gasteiger partial charge in [0.15, 0.2) is 0 Å². The fraction of sp³-hybridized carbons (Fsp3) is 0.529. The molecule has 134 valence electrons. The third-order valence-corrected chi connectivity index (χ3v) is 4.20. The molecule has 0 radical (unpaired) electrons. The van der Waals surface area contributed by atoms with Crippen molar-refractivity contribution >= 4 is 24.2 Å². The van der Waals surface area contributed by atoms with E-state index >= 15 is 0 Å². The Kier molecular flexibility index (Phi) is 8.01. The normalized spacial score (nSPS) is 18.4. The van der Waals surface area contributed by atoms with Crippen LogP contribution in [0.2, 0.25) is 0 Å². The van der Waals surface area contributed by atoms with Gasteiger partial charge in [-0.3, -0.25) is 9.59 Å². The molecule has 7 heteroatoms. The summed E-state index contributed by atoms with van der Waals surface area (Å²) >= 11 is 0. The van der Waals surface area contributed by atoms with Crippen LogP contribution in [0, 0.1) is 0 Å². The highest BCUT2D eigenvalue weighted by Gasteiger charge is 2.28. The van der Waals surface area contributed by atoms with Gasteiger partial charge in [-0.15, -0.1) is 12.4 Å². The Morgan fingerprint density at radius 1 is 1.29 bits per heavy atom. The van der Waals surface area contributed by atoms with E-state index in [4.69, 9.17) is 16.2 Å². The summed E-state index contributed by atoms with van der Waals surface area (Å²) in [5, 5.41) is 0. The third-order valence-electron chi connectivity index (χ3n) is 4.20. The molecule has 2 rings (SSSR count). The number of hydrogen-bond donors (Lipinski definition) is 2. The molecule has 6 nitrogen and oxygen atoms in total. The largest absolute Gasteiger partial charge is 0.493 e. The average Bonchev–Trinajstić information content (AvgIpc) is 2.55. The maximum absolute atomic E-state index is 12.4. The molecule has 1 heterocycles. The van der Waals surface area contributed by atoms with Crippen molar-refractivity contribution in [2.45, 2.75) is 44.7 Å². The Morgan fingerprint density at radius 2 is 1.96 bits per heavy atom. The van der Waals surface area contributed by atoms with Gasteiger partial charge in [-0.05, 0) is 50.5 Å². The van der Waals surface area contributed by atoms with E-state index in [-0.39, 0.29) is 30.4 Å². The summed E-state index contributed by atoms with van der Waals surface area (Å²) in [6.07, 6.45) is 3.45. The Balaban J connectivity index is 0.00000288. The van der Waals surface area contributed by atoms with Gasteiger partial charge >= 0.3 is 0 Å². The highest BCUT2D eigenvalue weighted by molar-refractivity contribution is 5.92. The van der Waals surface area contributed by atoms with Crippen LogP contribution in [-0.4, -0.2) is 41.9 Å². The van der Waals surface area contributed by atoms with E-state index in [0.717, 1.165) is 25.8 Å². The highest BCUT2D eigenvalue weighted by atomic mass is 35.5. The van der Waals surface area contributed by atoms with E-state index in [1.165, 1.54) is 0 Å². The van der Waals surface area contributed by atoms with E-state index in [2.05, 4.69) is 0 Å². The lowest BCUT2D eigenvalue weighted by Gasteiger charge is -2.38. The molecule has 1 aliphatic rings. The van der Waals surface area contributed by atoms with Gasteiger partial charge in [-0.1, -0.05) is 0 Å². The minimum atomic E-state index is -0.473. The van der Waals surface area contributed by atoms with Crippen molar-refractivity contribution in [1.29, 1.82) is 0 Å². The summed E-state index contributed by atoms with van der Waals surface area (Å²) in [7, 11) is 0. The number of rotatable bonds is 6. The predicted molar refractivity (Wildman–Crippen MR) is 95.3 cm³/mol. The highest BCUT2D eigenvalue weighted by Crippen LogP contribution is 2.20. The Labute approximate surface area is 148 Å². The molecule has 0 aromatic heterocycles. The van der Waals surface area contributed by atoms with Crippen molar-refractivity contribution in [3.05, 3.63) is 29.8 Å². The van der Waals surface area contributed by atoms with Crippen LogP contribution in [0.5, 0.6) is 5.75 Å². The molecule has 2 unspecified atom stereocenters. The van der Waals surface area contributed by atoms with Gasteiger partial charge in [0.2, 0.25) is 11.8 Å². The minimum absolute atomic E-state index is 0. The van der Waals surface area contributed by atoms with Gasteiger partial charge in [0, 0.05) is 24.2 Å². The van der Waals surface area contributed by atoms with E-state index in [9.17, 15) is 9.59 Å². The van der Waals surface area contributed by atoms with Crippen LogP contribution < -0.4 is 16.2 Å². The summed E-state index contributed by atoms with van der Waals surface area (Å²) in [4.78, 5) is 25.3. The number of amides is 2. The molecule has 0 saturated carbocycles. The lowest BCUT2D eigenvalue weighted by molar-refractivity contribution is -0.135. The summed E-state index contributed by atoms with van der Waals surface area (Å²) in [5.41, 5.74) is 11.6. The molecule has 4 N–H and O–H groups in total. The van der Waals surface area contributed by atoms with Gasteiger partial charge in [-0.25, -0.2) is 0 Å². The molecule has 2 amide bonds. The monoisotopic (exact) mass is 355 g/mol. The van der Waals surface area contributed by atoms with Crippen LogP contribution in [-0.2, 0) is 4.79 Å². The molecule has 0 bridgehead atoms. The quantitative estimate of drug-likeness (QED) is 0.811. The van der Waals surface area contributed by atoms with Crippen LogP contribution >= 0.6 is 12.4 Å². The molecular weight excluding hydrogens is 330 g/mol. The van der Waals surface area contributed by atoms with E-state index in [1.807, 2.05) is 11.8 Å². The smallest absolute Gasteiger partial charge is 0.248 e. The fourth-order valence-corrected chi connectivity index (χ4v) is 2.93. The minimum Gasteiger partial charge on any atom is -0.493 e. The topological polar surface area (TPSA) is 98.7 Å². The number of ether oxygens (including phenoxy) is 1. The summed E-state index contributed by atoms with van der Waals surface area (Å²) in [6.45, 7) is 3.03. The van der Waals surface area contributed by atoms with Gasteiger partial charge < -0.3 is 21.1 Å². The first-order valence-electron chi connectivity index (χ1n) is 8.06. The van der Waals surface area contributed by atoms with Crippen LogP contribution in [0.4, 0.5) is 0 Å². The molecule has 0 aliphatic carbocycles. The zero-order valence-electron chi connectivity index (χ0n) is 13.9. The summed E-state index contributed by atoms with van der Waals surface area (Å²) in [6, 6.07) is 6.69. The lowest BCUT2D eigenvalue weighted by Crippen LogP contribution is -2.51. The van der Waals surface area contributed by atoms with Crippen molar-refractivity contribution in [3.8, 4) is 5.75 Å². The number of carbonyl (C=O) groups excluding carboxylic acids is 2. The van der Waals surface area contributed by atoms with Crippen LogP contribution in [0.15, 0.2) is 24.3 Å². The Bertz CT molecular complexity index is 549. The van der Waals surface area contributed by atoms with Crippen LogP contribution in [0.25, 0.3) is 0 Å². The van der Waals surface area contributed by atoms with Crippen molar-refractivity contribution in [1.82, 2.24) is 4.90 Å². The Hall–Kier alpha value is -1.79. The first kappa shape index (κ1) is 20.3. The van der Waals surface area contributed by atoms with E-state index < -0.39 is 5.91 Å². The summed E-state index contributed by atoms with van der Waals surface area (Å²) in [5.74, 6) is 0.227. The number of primary amides is 1. The van der Waals surface area contributed by atoms with E-state index in [0.29, 0.717) is 24.3 Å². The Morgan fingerprint density at radius 3 is 2.54 bits per heavy atom. The molecule has 1 saturated heterocycles. The first-order valence-corrected chi connectivity index (χ1v) is 8.06. The molecule has 24 heavy (non-hydrogen) atoms. The van der Waals surface area contributed by atoms with Crippen molar-refractivity contribution in [2.24, 2.45) is 11.5 Å². The van der Waals surface area contributed by atoms with Gasteiger partial charge in [-0.2, -0.15) is 0 Å². The lowest BCUT2D eigenvalue weighted by atomic mass is 9.96. The van der Waals surface area contributed by atoms with Crippen molar-refractivity contribution in [3.63, 3.8) is 0 Å². The van der Waals surface area contributed by atoms with Gasteiger partial charge in [0.25, 0.3) is 0 Å². The zero-order valence-corrected chi connectivity index (χ0v) is 14.8. The number of piperidine rings is 1. The number of likely N-dealkylation sites (tertiary alicyclic amines) is 1. The fourth-order valence-electron chi connectivity index (χ4n) is 2.93. The maximum atomic E-state index is 12.4. The van der Waals surface area contributed by atoms with Gasteiger partial charge in [0.1, 0.15) is 5.75 Å². The average molecular weight is 356 g/mol. The van der Waals surface area contributed by atoms with Crippen LogP contribution in [0.1, 0.15) is 43.0 Å². The summed E-state index contributed by atoms with van der Waals surface area (Å²) < 4.78 is 5.57. The molecule has 1 aromatic carbocycles. The number of benzene rings is 1. The number of hydrogen-bond acceptors (Lipinski definition) is 4. The standard InChI is InChI=1S/C17H25N3O3.ClH/c1-12(18)15-4-2-3-10-20(15)16(21)9-11-23-14-7-5-13(6-8-14)17(19)22;/h5-8,12,15H,2-4,9-11,18H2,1H3,(H2,19,22);1H. The third kappa shape index (κ3) is 5.39. The maximum Gasteiger partial charge on any atom is 0.248 e. The van der Waals surface area contributed by atoms with Crippen molar-refractivity contribution < 1.29 is 14.3 Å². The molecule has 0 spiro atoms. The second kappa shape index (κ2) is 9.49. The molecule has 2 atom stereocenters. The van der Waals surface area contributed by atoms with E-state index in [1.54, 1.807) is 24.3 Å². The predicted octanol–water partition coefficient (Wildman–Crippen LogP) is 1.70. The second-order valence-electron chi connectivity index (χ2n) is 6.00.